The quantitative estimate of drug-likeness (QED) is 0.771. The highest BCUT2D eigenvalue weighted by Gasteiger charge is 2.14. The molecule has 3 aromatic rings. The monoisotopic (exact) mass is 342 g/mol. The zero-order valence-corrected chi connectivity index (χ0v) is 14.3. The summed E-state index contributed by atoms with van der Waals surface area (Å²) in [4.78, 5) is 4.56. The highest BCUT2D eigenvalue weighted by molar-refractivity contribution is 7.89. The Hall–Kier alpha value is -2.44. The van der Waals surface area contributed by atoms with Gasteiger partial charge in [-0.1, -0.05) is 12.1 Å². The summed E-state index contributed by atoms with van der Waals surface area (Å²) in [6.45, 7) is 4.03. The fourth-order valence-corrected chi connectivity index (χ4v) is 3.34. The van der Waals surface area contributed by atoms with E-state index in [0.717, 1.165) is 16.7 Å². The number of nitrogens with one attached hydrogen (secondary N) is 1. The van der Waals surface area contributed by atoms with Gasteiger partial charge in [-0.05, 0) is 60.9 Å². The smallest absolute Gasteiger partial charge is 0.240 e. The van der Waals surface area contributed by atoms with Gasteiger partial charge in [0, 0.05) is 12.7 Å². The standard InChI is InChI=1S/C18H18N2O3S/c1-13-5-7-16(10-14(13)2)24(21,22)20-12-15-6-8-17(19-11-15)18-4-3-9-23-18/h3-11,20H,12H2,1-2H3. The van der Waals surface area contributed by atoms with E-state index in [1.54, 1.807) is 36.7 Å². The molecule has 0 atom stereocenters. The number of rotatable bonds is 5. The molecule has 6 heteroatoms. The summed E-state index contributed by atoms with van der Waals surface area (Å²) in [6, 6.07) is 12.3. The van der Waals surface area contributed by atoms with E-state index in [-0.39, 0.29) is 11.4 Å². The predicted molar refractivity (Wildman–Crippen MR) is 91.9 cm³/mol. The van der Waals surface area contributed by atoms with Gasteiger partial charge in [0.25, 0.3) is 0 Å². The van der Waals surface area contributed by atoms with Gasteiger partial charge in [0.2, 0.25) is 10.0 Å². The van der Waals surface area contributed by atoms with Crippen molar-refractivity contribution in [1.29, 1.82) is 0 Å². The van der Waals surface area contributed by atoms with Crippen molar-refractivity contribution in [2.24, 2.45) is 0 Å². The molecule has 5 nitrogen and oxygen atoms in total. The van der Waals surface area contributed by atoms with E-state index in [9.17, 15) is 8.42 Å². The average molecular weight is 342 g/mol. The highest BCUT2D eigenvalue weighted by Crippen LogP contribution is 2.18. The van der Waals surface area contributed by atoms with Crippen LogP contribution in [-0.4, -0.2) is 13.4 Å². The van der Waals surface area contributed by atoms with Gasteiger partial charge in [-0.3, -0.25) is 4.98 Å². The third kappa shape index (κ3) is 3.55. The normalized spacial score (nSPS) is 11.6. The van der Waals surface area contributed by atoms with Crippen LogP contribution in [0.4, 0.5) is 0 Å². The molecule has 0 saturated carbocycles. The number of furan rings is 1. The maximum atomic E-state index is 12.4. The first-order chi connectivity index (χ1) is 11.5. The highest BCUT2D eigenvalue weighted by atomic mass is 32.2. The van der Waals surface area contributed by atoms with Crippen LogP contribution in [0.5, 0.6) is 0 Å². The summed E-state index contributed by atoms with van der Waals surface area (Å²) in [5.74, 6) is 0.678. The van der Waals surface area contributed by atoms with Crippen molar-refractivity contribution in [3.63, 3.8) is 0 Å². The van der Waals surface area contributed by atoms with Crippen LogP contribution < -0.4 is 4.72 Å². The first-order valence-corrected chi connectivity index (χ1v) is 9.00. The van der Waals surface area contributed by atoms with Crippen molar-refractivity contribution in [3.05, 3.63) is 71.6 Å². The second-order valence-corrected chi connectivity index (χ2v) is 7.37. The van der Waals surface area contributed by atoms with Crippen molar-refractivity contribution in [2.75, 3.05) is 0 Å². The summed E-state index contributed by atoms with van der Waals surface area (Å²) in [6.07, 6.45) is 3.23. The summed E-state index contributed by atoms with van der Waals surface area (Å²) >= 11 is 0. The van der Waals surface area contributed by atoms with Crippen LogP contribution in [0.3, 0.4) is 0 Å². The Morgan fingerprint density at radius 3 is 2.54 bits per heavy atom. The molecule has 0 amide bonds. The van der Waals surface area contributed by atoms with Crippen molar-refractivity contribution < 1.29 is 12.8 Å². The third-order valence-corrected chi connectivity index (χ3v) is 5.25. The molecule has 0 spiro atoms. The number of aromatic nitrogens is 1. The number of benzene rings is 1. The maximum absolute atomic E-state index is 12.4. The van der Waals surface area contributed by atoms with E-state index in [2.05, 4.69) is 9.71 Å². The molecule has 1 aromatic carbocycles. The van der Waals surface area contributed by atoms with Crippen molar-refractivity contribution in [2.45, 2.75) is 25.3 Å². The third-order valence-electron chi connectivity index (χ3n) is 3.85. The summed E-state index contributed by atoms with van der Waals surface area (Å²) < 4.78 is 32.6. The van der Waals surface area contributed by atoms with E-state index in [0.29, 0.717) is 11.5 Å². The van der Waals surface area contributed by atoms with Crippen LogP contribution in [0.25, 0.3) is 11.5 Å². The van der Waals surface area contributed by atoms with E-state index < -0.39 is 10.0 Å². The maximum Gasteiger partial charge on any atom is 0.240 e. The molecule has 0 radical (unpaired) electrons. The van der Waals surface area contributed by atoms with Crippen molar-refractivity contribution in [1.82, 2.24) is 9.71 Å². The Morgan fingerprint density at radius 1 is 1.08 bits per heavy atom. The SMILES string of the molecule is Cc1ccc(S(=O)(=O)NCc2ccc(-c3ccco3)nc2)cc1C. The molecule has 124 valence electrons. The van der Waals surface area contributed by atoms with Gasteiger partial charge in [0.15, 0.2) is 5.76 Å². The minimum Gasteiger partial charge on any atom is -0.463 e. The van der Waals surface area contributed by atoms with Crippen LogP contribution in [-0.2, 0) is 16.6 Å². The Bertz CT molecular complexity index is 931. The number of nitrogens with zero attached hydrogens (tertiary/aromatic N) is 1. The Labute approximate surface area is 141 Å². The Morgan fingerprint density at radius 2 is 1.92 bits per heavy atom. The molecule has 0 aliphatic rings. The van der Waals surface area contributed by atoms with Crippen LogP contribution in [0.15, 0.2) is 64.2 Å². The van der Waals surface area contributed by atoms with Gasteiger partial charge in [0.1, 0.15) is 5.69 Å². The zero-order valence-electron chi connectivity index (χ0n) is 13.5. The Balaban J connectivity index is 1.71. The van der Waals surface area contributed by atoms with Crippen LogP contribution >= 0.6 is 0 Å². The number of aryl methyl sites for hydroxylation is 2. The number of hydrogen-bond donors (Lipinski definition) is 1. The lowest BCUT2D eigenvalue weighted by atomic mass is 10.1. The molecule has 0 unspecified atom stereocenters. The molecular weight excluding hydrogens is 324 g/mol. The molecule has 1 N–H and O–H groups in total. The lowest BCUT2D eigenvalue weighted by Gasteiger charge is -2.09. The topological polar surface area (TPSA) is 72.2 Å². The van der Waals surface area contributed by atoms with E-state index in [1.807, 2.05) is 32.0 Å². The minimum atomic E-state index is -3.55. The van der Waals surface area contributed by atoms with Gasteiger partial charge in [-0.2, -0.15) is 0 Å². The van der Waals surface area contributed by atoms with Crippen LogP contribution in [0.1, 0.15) is 16.7 Å². The van der Waals surface area contributed by atoms with Gasteiger partial charge in [-0.15, -0.1) is 0 Å². The molecule has 3 rings (SSSR count). The van der Waals surface area contributed by atoms with Crippen LogP contribution in [0.2, 0.25) is 0 Å². The molecule has 0 fully saturated rings. The van der Waals surface area contributed by atoms with Crippen molar-refractivity contribution >= 4 is 10.0 Å². The molecule has 2 heterocycles. The number of sulfonamides is 1. The van der Waals surface area contributed by atoms with Crippen molar-refractivity contribution in [3.8, 4) is 11.5 Å². The Kier molecular flexibility index (Phi) is 4.51. The first kappa shape index (κ1) is 16.4. The molecular formula is C18H18N2O3S. The van der Waals surface area contributed by atoms with E-state index in [4.69, 9.17) is 4.42 Å². The lowest BCUT2D eigenvalue weighted by molar-refractivity contribution is 0.578. The minimum absolute atomic E-state index is 0.181. The predicted octanol–water partition coefficient (Wildman–Crippen LogP) is 3.44. The molecule has 0 aliphatic heterocycles. The fourth-order valence-electron chi connectivity index (χ4n) is 2.24. The second kappa shape index (κ2) is 6.59. The largest absolute Gasteiger partial charge is 0.463 e. The molecule has 0 bridgehead atoms. The van der Waals surface area contributed by atoms with Gasteiger partial charge >= 0.3 is 0 Å². The lowest BCUT2D eigenvalue weighted by Crippen LogP contribution is -2.23. The zero-order chi connectivity index (χ0) is 17.2. The van der Waals surface area contributed by atoms with Gasteiger partial charge < -0.3 is 4.42 Å². The molecule has 24 heavy (non-hydrogen) atoms. The van der Waals surface area contributed by atoms with E-state index >= 15 is 0 Å². The molecule has 0 saturated heterocycles. The average Bonchev–Trinajstić information content (AvgIpc) is 3.10. The second-order valence-electron chi connectivity index (χ2n) is 5.60. The molecule has 2 aromatic heterocycles. The van der Waals surface area contributed by atoms with Gasteiger partial charge in [-0.25, -0.2) is 13.1 Å². The number of pyridine rings is 1. The number of hydrogen-bond acceptors (Lipinski definition) is 4. The van der Waals surface area contributed by atoms with Crippen LogP contribution in [0, 0.1) is 13.8 Å². The fraction of sp³-hybridized carbons (Fsp3) is 0.167. The van der Waals surface area contributed by atoms with Gasteiger partial charge in [0.05, 0.1) is 11.2 Å². The summed E-state index contributed by atoms with van der Waals surface area (Å²) in [5.41, 5.74) is 3.49. The first-order valence-electron chi connectivity index (χ1n) is 7.51. The molecule has 0 aliphatic carbocycles. The van der Waals surface area contributed by atoms with E-state index in [1.165, 1.54) is 0 Å². The summed E-state index contributed by atoms with van der Waals surface area (Å²) in [7, 11) is -3.55. The summed E-state index contributed by atoms with van der Waals surface area (Å²) in [5, 5.41) is 0.